The Morgan fingerprint density at radius 1 is 1.16 bits per heavy atom. The second-order valence-electron chi connectivity index (χ2n) is 8.10. The molecule has 0 spiro atoms. The summed E-state index contributed by atoms with van der Waals surface area (Å²) in [7, 11) is 1.57. The molecule has 2 aromatic carbocycles. The SMILES string of the molecule is COc1ccccc1N(C#N)C(=N)N1CCN(c2cnc3ccccc3n2)CC1C(C)C. The highest BCUT2D eigenvalue weighted by Crippen LogP contribution is 2.30. The lowest BCUT2D eigenvalue weighted by atomic mass is 9.99. The molecule has 1 aliphatic rings. The van der Waals surface area contributed by atoms with E-state index in [1.807, 2.05) is 47.5 Å². The highest BCUT2D eigenvalue weighted by atomic mass is 16.5. The van der Waals surface area contributed by atoms with E-state index in [0.29, 0.717) is 31.1 Å². The Morgan fingerprint density at radius 2 is 1.88 bits per heavy atom. The smallest absolute Gasteiger partial charge is 0.212 e. The molecule has 0 bridgehead atoms. The molecule has 4 rings (SSSR count). The Kier molecular flexibility index (Phi) is 6.08. The van der Waals surface area contributed by atoms with Crippen LogP contribution in [0.1, 0.15) is 13.8 Å². The predicted molar refractivity (Wildman–Crippen MR) is 126 cm³/mol. The number of hydrogen-bond donors (Lipinski definition) is 1. The molecular formula is C24H27N7O. The number of nitrogens with zero attached hydrogens (tertiary/aromatic N) is 6. The van der Waals surface area contributed by atoms with Gasteiger partial charge in [0, 0.05) is 19.6 Å². The monoisotopic (exact) mass is 429 g/mol. The van der Waals surface area contributed by atoms with Crippen LogP contribution in [0.15, 0.2) is 54.7 Å². The van der Waals surface area contributed by atoms with Crippen molar-refractivity contribution >= 4 is 28.5 Å². The van der Waals surface area contributed by atoms with Crippen LogP contribution in [-0.2, 0) is 0 Å². The van der Waals surface area contributed by atoms with E-state index in [1.54, 1.807) is 19.2 Å². The standard InChI is InChI=1S/C24H27N7O/c1-17(2)21-15-29(23-14-27-18-8-4-5-9-19(18)28-23)12-13-30(21)24(26)31(16-25)20-10-6-7-11-22(20)32-3/h4-11,14,17,21,26H,12-13,15H2,1-3H3. The molecule has 0 saturated carbocycles. The molecule has 8 heteroatoms. The summed E-state index contributed by atoms with van der Waals surface area (Å²) in [6.07, 6.45) is 3.98. The van der Waals surface area contributed by atoms with Gasteiger partial charge >= 0.3 is 0 Å². The minimum Gasteiger partial charge on any atom is -0.495 e. The van der Waals surface area contributed by atoms with Gasteiger partial charge in [-0.1, -0.05) is 38.1 Å². The summed E-state index contributed by atoms with van der Waals surface area (Å²) in [5.41, 5.74) is 2.31. The molecule has 1 unspecified atom stereocenters. The van der Waals surface area contributed by atoms with Crippen LogP contribution in [0.25, 0.3) is 11.0 Å². The molecule has 164 valence electrons. The lowest BCUT2D eigenvalue weighted by molar-refractivity contribution is 0.220. The molecule has 2 heterocycles. The fourth-order valence-corrected chi connectivity index (χ4v) is 4.11. The van der Waals surface area contributed by atoms with Crippen LogP contribution in [0.4, 0.5) is 11.5 Å². The molecule has 8 nitrogen and oxygen atoms in total. The number of hydrogen-bond acceptors (Lipinski definition) is 6. The highest BCUT2D eigenvalue weighted by molar-refractivity contribution is 5.98. The number of ether oxygens (including phenoxy) is 1. The van der Waals surface area contributed by atoms with E-state index < -0.39 is 0 Å². The number of aromatic nitrogens is 2. The topological polar surface area (TPSA) is 92.4 Å². The molecule has 0 aliphatic carbocycles. The Labute approximate surface area is 188 Å². The van der Waals surface area contributed by atoms with Crippen LogP contribution in [0.5, 0.6) is 5.75 Å². The van der Waals surface area contributed by atoms with Crippen LogP contribution in [-0.4, -0.2) is 53.6 Å². The molecule has 3 aromatic rings. The van der Waals surface area contributed by atoms with Crippen LogP contribution in [0, 0.1) is 22.8 Å². The van der Waals surface area contributed by atoms with Crippen molar-refractivity contribution in [2.45, 2.75) is 19.9 Å². The molecule has 0 radical (unpaired) electrons. The molecule has 1 atom stereocenters. The van der Waals surface area contributed by atoms with Gasteiger partial charge in [0.05, 0.1) is 30.4 Å². The van der Waals surface area contributed by atoms with Crippen molar-refractivity contribution in [3.05, 3.63) is 54.7 Å². The summed E-state index contributed by atoms with van der Waals surface area (Å²) in [5, 5.41) is 18.8. The van der Waals surface area contributed by atoms with Gasteiger partial charge in [-0.15, -0.1) is 0 Å². The number of anilines is 2. The van der Waals surface area contributed by atoms with Gasteiger partial charge in [0.15, 0.2) is 6.19 Å². The van der Waals surface area contributed by atoms with Crippen molar-refractivity contribution in [3.8, 4) is 11.9 Å². The zero-order valence-corrected chi connectivity index (χ0v) is 18.6. The van der Waals surface area contributed by atoms with Gasteiger partial charge in [-0.3, -0.25) is 10.4 Å². The zero-order valence-electron chi connectivity index (χ0n) is 18.6. The highest BCUT2D eigenvalue weighted by Gasteiger charge is 2.34. The number of piperazine rings is 1. The number of fused-ring (bicyclic) bond motifs is 1. The Morgan fingerprint density at radius 3 is 2.59 bits per heavy atom. The second kappa shape index (κ2) is 9.10. The maximum atomic E-state index is 9.88. The van der Waals surface area contributed by atoms with Gasteiger partial charge in [0.25, 0.3) is 0 Å². The van der Waals surface area contributed by atoms with Gasteiger partial charge in [-0.2, -0.15) is 5.26 Å². The summed E-state index contributed by atoms with van der Waals surface area (Å²) >= 11 is 0. The average molecular weight is 430 g/mol. The van der Waals surface area contributed by atoms with E-state index in [1.165, 1.54) is 4.90 Å². The quantitative estimate of drug-likeness (QED) is 0.292. The van der Waals surface area contributed by atoms with Crippen molar-refractivity contribution in [2.24, 2.45) is 5.92 Å². The normalized spacial score (nSPS) is 16.2. The molecule has 0 amide bonds. The van der Waals surface area contributed by atoms with Crippen LogP contribution >= 0.6 is 0 Å². The first-order chi connectivity index (χ1) is 15.5. The minimum absolute atomic E-state index is 0.0371. The largest absolute Gasteiger partial charge is 0.495 e. The van der Waals surface area contributed by atoms with E-state index >= 15 is 0 Å². The van der Waals surface area contributed by atoms with E-state index in [9.17, 15) is 5.26 Å². The Hall–Kier alpha value is -3.86. The van der Waals surface area contributed by atoms with E-state index in [2.05, 4.69) is 29.9 Å². The van der Waals surface area contributed by atoms with Crippen LogP contribution in [0.2, 0.25) is 0 Å². The number of nitriles is 1. The number of rotatable bonds is 4. The molecular weight excluding hydrogens is 402 g/mol. The fraction of sp³-hybridized carbons (Fsp3) is 0.333. The van der Waals surface area contributed by atoms with Gasteiger partial charge in [-0.05, 0) is 30.2 Å². The van der Waals surface area contributed by atoms with Gasteiger partial charge in [-0.25, -0.2) is 9.88 Å². The zero-order chi connectivity index (χ0) is 22.7. The van der Waals surface area contributed by atoms with E-state index in [4.69, 9.17) is 15.1 Å². The maximum Gasteiger partial charge on any atom is 0.212 e. The Bertz CT molecular complexity index is 1160. The van der Waals surface area contributed by atoms with Crippen molar-refractivity contribution in [3.63, 3.8) is 0 Å². The number of para-hydroxylation sites is 4. The van der Waals surface area contributed by atoms with Crippen LogP contribution < -0.4 is 14.5 Å². The van der Waals surface area contributed by atoms with E-state index in [-0.39, 0.29) is 17.9 Å². The first-order valence-corrected chi connectivity index (χ1v) is 10.7. The molecule has 1 aromatic heterocycles. The lowest BCUT2D eigenvalue weighted by Gasteiger charge is -2.45. The predicted octanol–water partition coefficient (Wildman–Crippen LogP) is 3.71. The molecule has 32 heavy (non-hydrogen) atoms. The number of methoxy groups -OCH3 is 1. The van der Waals surface area contributed by atoms with Crippen molar-refractivity contribution in [2.75, 3.05) is 36.5 Å². The molecule has 1 aliphatic heterocycles. The second-order valence-corrected chi connectivity index (χ2v) is 8.10. The third-order valence-electron chi connectivity index (χ3n) is 5.86. The van der Waals surface area contributed by atoms with Gasteiger partial charge in [0.2, 0.25) is 5.96 Å². The van der Waals surface area contributed by atoms with Gasteiger partial charge in [0.1, 0.15) is 17.3 Å². The van der Waals surface area contributed by atoms with Gasteiger partial charge < -0.3 is 14.5 Å². The third kappa shape index (κ3) is 4.02. The fourth-order valence-electron chi connectivity index (χ4n) is 4.11. The average Bonchev–Trinajstić information content (AvgIpc) is 2.84. The van der Waals surface area contributed by atoms with E-state index in [0.717, 1.165) is 16.9 Å². The third-order valence-corrected chi connectivity index (χ3v) is 5.86. The summed E-state index contributed by atoms with van der Waals surface area (Å²) in [5.74, 6) is 1.82. The first-order valence-electron chi connectivity index (χ1n) is 10.7. The van der Waals surface area contributed by atoms with Crippen molar-refractivity contribution < 1.29 is 4.74 Å². The molecule has 1 N–H and O–H groups in total. The number of benzene rings is 2. The first kappa shape index (κ1) is 21.4. The maximum absolute atomic E-state index is 9.88. The summed E-state index contributed by atoms with van der Waals surface area (Å²) < 4.78 is 5.42. The summed E-state index contributed by atoms with van der Waals surface area (Å²) in [6.45, 7) is 6.26. The molecule has 1 fully saturated rings. The van der Waals surface area contributed by atoms with Crippen molar-refractivity contribution in [1.29, 1.82) is 10.7 Å². The number of nitrogens with one attached hydrogen (secondary N) is 1. The lowest BCUT2D eigenvalue weighted by Crippen LogP contribution is -2.60. The van der Waals surface area contributed by atoms with Crippen LogP contribution in [0.3, 0.4) is 0 Å². The minimum atomic E-state index is 0.0371. The molecule has 1 saturated heterocycles. The summed E-state index contributed by atoms with van der Waals surface area (Å²) in [4.78, 5) is 14.9. The van der Waals surface area contributed by atoms with Crippen molar-refractivity contribution in [1.82, 2.24) is 14.9 Å². The number of guanidine groups is 1. The Balaban J connectivity index is 1.59. The summed E-state index contributed by atoms with van der Waals surface area (Å²) in [6, 6.07) is 15.2.